The topological polar surface area (TPSA) is 30.7 Å². The minimum Gasteiger partial charge on any atom is -0.309 e. The lowest BCUT2D eigenvalue weighted by Gasteiger charge is -2.17. The second-order valence-electron chi connectivity index (χ2n) is 16.9. The van der Waals surface area contributed by atoms with Crippen LogP contribution in [0.1, 0.15) is 0 Å². The number of nitrogens with zero attached hydrogens (tertiary/aromatic N) is 3. The zero-order valence-electron chi connectivity index (χ0n) is 35.4. The molecule has 3 heteroatoms. The van der Waals surface area contributed by atoms with Crippen LogP contribution in [-0.4, -0.2) is 14.5 Å². The summed E-state index contributed by atoms with van der Waals surface area (Å²) in [5.74, 6) is 0. The quantitative estimate of drug-likeness (QED) is 0.167. The molecule has 0 amide bonds. The second kappa shape index (κ2) is 15.0. The number of hydrogen-bond donors (Lipinski definition) is 0. The predicted octanol–water partition coefficient (Wildman–Crippen LogP) is 16.5. The molecule has 0 aliphatic carbocycles. The summed E-state index contributed by atoms with van der Waals surface area (Å²) >= 11 is 0. The Balaban J connectivity index is 1.13. The van der Waals surface area contributed by atoms with E-state index < -0.39 is 0 Å². The molecule has 0 aliphatic rings. The van der Waals surface area contributed by atoms with Gasteiger partial charge in [-0.1, -0.05) is 200 Å². The first kappa shape index (κ1) is 36.9. The third kappa shape index (κ3) is 6.05. The maximum absolute atomic E-state index is 5.39. The number of fused-ring (bicyclic) bond motifs is 9. The first-order valence-electron chi connectivity index (χ1n) is 22.2. The van der Waals surface area contributed by atoms with Crippen LogP contribution in [0.25, 0.3) is 127 Å². The molecule has 2 heterocycles. The zero-order valence-corrected chi connectivity index (χ0v) is 35.4. The van der Waals surface area contributed by atoms with Crippen LogP contribution in [-0.2, 0) is 0 Å². The second-order valence-corrected chi connectivity index (χ2v) is 16.9. The molecule has 13 aromatic rings. The molecule has 3 nitrogen and oxygen atoms in total. The van der Waals surface area contributed by atoms with Crippen LogP contribution in [0.3, 0.4) is 0 Å². The van der Waals surface area contributed by atoms with Gasteiger partial charge in [0.15, 0.2) is 0 Å². The fourth-order valence-corrected chi connectivity index (χ4v) is 10.2. The summed E-state index contributed by atoms with van der Waals surface area (Å²) in [6.45, 7) is 0. The van der Waals surface area contributed by atoms with Gasteiger partial charge in [0.25, 0.3) is 0 Å². The summed E-state index contributed by atoms with van der Waals surface area (Å²) in [6.07, 6.45) is 0. The molecule has 302 valence electrons. The van der Waals surface area contributed by atoms with Crippen LogP contribution < -0.4 is 0 Å². The van der Waals surface area contributed by atoms with Gasteiger partial charge in [-0.2, -0.15) is 0 Å². The fourth-order valence-electron chi connectivity index (χ4n) is 10.2. The molecular weight excluding hydrogens is 787 g/mol. The SMILES string of the molecule is c1ccc(-c2nc3ccc(-c4cc(-n5c6cc(-c7ccccc7)c7ccccc7c6c6c7ccccc7c(-c7ccccc7)cc65)c5ccccc5c4)cc3nc2-c2ccccc2)cc1. The van der Waals surface area contributed by atoms with Crippen molar-refractivity contribution >= 4 is 65.2 Å². The summed E-state index contributed by atoms with van der Waals surface area (Å²) in [4.78, 5) is 10.7. The average Bonchev–Trinajstić information content (AvgIpc) is 3.72. The van der Waals surface area contributed by atoms with Crippen molar-refractivity contribution in [2.24, 2.45) is 0 Å². The van der Waals surface area contributed by atoms with Crippen molar-refractivity contribution in [1.82, 2.24) is 14.5 Å². The van der Waals surface area contributed by atoms with E-state index in [1.54, 1.807) is 0 Å². The Labute approximate surface area is 376 Å². The standard InChI is InChI=1S/C62H39N3/c1-5-19-40(20-6-1)52-38-57-59(50-31-17-15-29-48(50)52)60-51-32-18-16-30-49(51)53(41-21-7-2-8-22-41)39-58(60)65(57)56-37-46(35-45-27-13-14-28-47(45)56)44-33-34-54-55(36-44)64-62(43-25-11-4-12-26-43)61(63-54)42-23-9-3-10-24-42/h1-39H. The summed E-state index contributed by atoms with van der Waals surface area (Å²) in [7, 11) is 0. The van der Waals surface area contributed by atoms with E-state index in [9.17, 15) is 0 Å². The summed E-state index contributed by atoms with van der Waals surface area (Å²) in [5, 5.41) is 9.81. The number of rotatable bonds is 6. The van der Waals surface area contributed by atoms with E-state index in [1.165, 1.54) is 76.4 Å². The molecule has 0 N–H and O–H groups in total. The van der Waals surface area contributed by atoms with Crippen LogP contribution in [0.4, 0.5) is 0 Å². The summed E-state index contributed by atoms with van der Waals surface area (Å²) in [6, 6.07) is 85.3. The Hall–Kier alpha value is -8.66. The molecule has 0 saturated carbocycles. The smallest absolute Gasteiger partial charge is 0.0973 e. The van der Waals surface area contributed by atoms with Crippen LogP contribution >= 0.6 is 0 Å². The Morgan fingerprint density at radius 2 is 0.708 bits per heavy atom. The average molecular weight is 826 g/mol. The van der Waals surface area contributed by atoms with Gasteiger partial charge >= 0.3 is 0 Å². The molecule has 13 rings (SSSR count). The summed E-state index contributed by atoms with van der Waals surface area (Å²) in [5.41, 5.74) is 16.0. The molecule has 0 bridgehead atoms. The van der Waals surface area contributed by atoms with Gasteiger partial charge < -0.3 is 4.57 Å². The van der Waals surface area contributed by atoms with E-state index in [-0.39, 0.29) is 0 Å². The number of benzene rings is 11. The highest BCUT2D eigenvalue weighted by Crippen LogP contribution is 2.47. The van der Waals surface area contributed by atoms with Crippen molar-refractivity contribution in [3.05, 3.63) is 237 Å². The Morgan fingerprint density at radius 3 is 1.23 bits per heavy atom. The Morgan fingerprint density at radius 1 is 0.277 bits per heavy atom. The van der Waals surface area contributed by atoms with Crippen molar-refractivity contribution in [3.8, 4) is 61.6 Å². The largest absolute Gasteiger partial charge is 0.309 e. The van der Waals surface area contributed by atoms with E-state index >= 15 is 0 Å². The molecular formula is C62H39N3. The van der Waals surface area contributed by atoms with Gasteiger partial charge in [-0.25, -0.2) is 9.97 Å². The van der Waals surface area contributed by atoms with Crippen LogP contribution in [0.2, 0.25) is 0 Å². The molecule has 0 aliphatic heterocycles. The van der Waals surface area contributed by atoms with E-state index in [4.69, 9.17) is 9.97 Å². The first-order valence-corrected chi connectivity index (χ1v) is 22.2. The fraction of sp³-hybridized carbons (Fsp3) is 0. The van der Waals surface area contributed by atoms with Gasteiger partial charge in [0.2, 0.25) is 0 Å². The van der Waals surface area contributed by atoms with Gasteiger partial charge in [-0.3, -0.25) is 0 Å². The lowest BCUT2D eigenvalue weighted by molar-refractivity contribution is 1.20. The molecule has 0 radical (unpaired) electrons. The maximum atomic E-state index is 5.39. The monoisotopic (exact) mass is 825 g/mol. The molecule has 0 atom stereocenters. The highest BCUT2D eigenvalue weighted by molar-refractivity contribution is 6.32. The number of hydrogen-bond acceptors (Lipinski definition) is 2. The highest BCUT2D eigenvalue weighted by Gasteiger charge is 2.23. The van der Waals surface area contributed by atoms with Crippen LogP contribution in [0.5, 0.6) is 0 Å². The molecule has 0 saturated heterocycles. The minimum atomic E-state index is 0.852. The number of aromatic nitrogens is 3. The van der Waals surface area contributed by atoms with Gasteiger partial charge in [-0.05, 0) is 96.7 Å². The Kier molecular flexibility index (Phi) is 8.53. The predicted molar refractivity (Wildman–Crippen MR) is 274 cm³/mol. The van der Waals surface area contributed by atoms with Crippen molar-refractivity contribution in [3.63, 3.8) is 0 Å². The molecule has 11 aromatic carbocycles. The third-order valence-corrected chi connectivity index (χ3v) is 13.1. The highest BCUT2D eigenvalue weighted by atomic mass is 15.0. The van der Waals surface area contributed by atoms with Crippen molar-refractivity contribution in [1.29, 1.82) is 0 Å². The lowest BCUT2D eigenvalue weighted by Crippen LogP contribution is -1.98. The van der Waals surface area contributed by atoms with Crippen molar-refractivity contribution in [2.75, 3.05) is 0 Å². The van der Waals surface area contributed by atoms with Gasteiger partial charge in [0, 0.05) is 27.3 Å². The first-order chi connectivity index (χ1) is 32.2. The third-order valence-electron chi connectivity index (χ3n) is 13.1. The maximum Gasteiger partial charge on any atom is 0.0973 e. The van der Waals surface area contributed by atoms with E-state index in [1.807, 2.05) is 12.1 Å². The van der Waals surface area contributed by atoms with E-state index in [0.717, 1.165) is 50.4 Å². The molecule has 2 aromatic heterocycles. The van der Waals surface area contributed by atoms with Gasteiger partial charge in [0.05, 0.1) is 39.1 Å². The van der Waals surface area contributed by atoms with Gasteiger partial charge in [-0.15, -0.1) is 0 Å². The van der Waals surface area contributed by atoms with Gasteiger partial charge in [0.1, 0.15) is 0 Å². The zero-order chi connectivity index (χ0) is 42.8. The summed E-state index contributed by atoms with van der Waals surface area (Å²) < 4.78 is 2.55. The normalized spacial score (nSPS) is 11.7. The molecule has 0 unspecified atom stereocenters. The van der Waals surface area contributed by atoms with Crippen molar-refractivity contribution in [2.45, 2.75) is 0 Å². The van der Waals surface area contributed by atoms with Crippen LogP contribution in [0.15, 0.2) is 237 Å². The van der Waals surface area contributed by atoms with E-state index in [0.29, 0.717) is 0 Å². The van der Waals surface area contributed by atoms with Crippen LogP contribution in [0, 0.1) is 0 Å². The lowest BCUT2D eigenvalue weighted by atomic mass is 9.92. The van der Waals surface area contributed by atoms with Crippen molar-refractivity contribution < 1.29 is 0 Å². The minimum absolute atomic E-state index is 0.852. The van der Waals surface area contributed by atoms with E-state index in [2.05, 4.69) is 229 Å². The molecule has 0 spiro atoms. The molecule has 0 fully saturated rings. The Bertz CT molecular complexity index is 3830. The molecule has 65 heavy (non-hydrogen) atoms.